The third-order valence-electron chi connectivity index (χ3n) is 3.45. The van der Waals surface area contributed by atoms with E-state index in [-0.39, 0.29) is 18.4 Å². The molecule has 0 unspecified atom stereocenters. The topological polar surface area (TPSA) is 91.3 Å². The van der Waals surface area contributed by atoms with Gasteiger partial charge in [-0.2, -0.15) is 15.4 Å². The summed E-state index contributed by atoms with van der Waals surface area (Å²) in [5.41, 5.74) is 1.97. The number of hydrogen-bond donors (Lipinski definition) is 2. The van der Waals surface area contributed by atoms with Crippen molar-refractivity contribution in [1.82, 2.24) is 20.3 Å². The van der Waals surface area contributed by atoms with Crippen LogP contribution >= 0.6 is 0 Å². The lowest BCUT2D eigenvalue weighted by atomic mass is 10.1. The smallest absolute Gasteiger partial charge is 0.254 e. The molecule has 20 heavy (non-hydrogen) atoms. The Morgan fingerprint density at radius 1 is 1.45 bits per heavy atom. The van der Waals surface area contributed by atoms with E-state index in [0.717, 1.165) is 5.52 Å². The fourth-order valence-electron chi connectivity index (χ4n) is 2.33. The van der Waals surface area contributed by atoms with E-state index in [4.69, 9.17) is 4.74 Å². The van der Waals surface area contributed by atoms with Crippen molar-refractivity contribution in [2.24, 2.45) is 5.92 Å². The Balaban J connectivity index is 1.82. The number of fused-ring (bicyclic) bond motifs is 1. The number of rotatable bonds is 2. The van der Waals surface area contributed by atoms with E-state index in [9.17, 15) is 9.90 Å². The zero-order chi connectivity index (χ0) is 13.9. The monoisotopic (exact) mass is 276 g/mol. The Hall–Kier alpha value is -1.99. The minimum absolute atomic E-state index is 0.0199. The van der Waals surface area contributed by atoms with Crippen LogP contribution in [-0.4, -0.2) is 64.2 Å². The van der Waals surface area contributed by atoms with Gasteiger partial charge in [-0.05, 0) is 18.2 Å². The minimum atomic E-state index is -0.0705. The number of hydrogen-bond acceptors (Lipinski definition) is 5. The molecule has 0 aliphatic carbocycles. The van der Waals surface area contributed by atoms with Gasteiger partial charge in [0.25, 0.3) is 5.91 Å². The third kappa shape index (κ3) is 2.50. The summed E-state index contributed by atoms with van der Waals surface area (Å²) >= 11 is 0. The van der Waals surface area contributed by atoms with Gasteiger partial charge in [0.15, 0.2) is 0 Å². The number of carbonyl (C=O) groups excluding carboxylic acids is 1. The molecule has 7 nitrogen and oxygen atoms in total. The molecule has 106 valence electrons. The lowest BCUT2D eigenvalue weighted by Gasteiger charge is -2.22. The fourth-order valence-corrected chi connectivity index (χ4v) is 2.33. The first kappa shape index (κ1) is 13.0. The van der Waals surface area contributed by atoms with Gasteiger partial charge in [0, 0.05) is 31.2 Å². The van der Waals surface area contributed by atoms with E-state index in [1.54, 1.807) is 23.1 Å². The second-order valence-corrected chi connectivity index (χ2v) is 4.90. The molecular formula is C13H16N4O3. The summed E-state index contributed by atoms with van der Waals surface area (Å²) < 4.78 is 5.39. The van der Waals surface area contributed by atoms with Crippen LogP contribution in [0.4, 0.5) is 0 Å². The maximum absolute atomic E-state index is 12.5. The highest BCUT2D eigenvalue weighted by molar-refractivity contribution is 5.97. The van der Waals surface area contributed by atoms with Gasteiger partial charge in [-0.15, -0.1) is 0 Å². The van der Waals surface area contributed by atoms with Crippen molar-refractivity contribution in [3.05, 3.63) is 23.8 Å². The van der Waals surface area contributed by atoms with E-state index in [2.05, 4.69) is 15.4 Å². The van der Waals surface area contributed by atoms with E-state index in [1.807, 2.05) is 0 Å². The third-order valence-corrected chi connectivity index (χ3v) is 3.45. The highest BCUT2D eigenvalue weighted by atomic mass is 16.5. The average molecular weight is 276 g/mol. The van der Waals surface area contributed by atoms with Gasteiger partial charge < -0.3 is 14.7 Å². The second kappa shape index (κ2) is 5.56. The lowest BCUT2D eigenvalue weighted by molar-refractivity contribution is 0.0728. The molecule has 1 aromatic carbocycles. The van der Waals surface area contributed by atoms with Crippen LogP contribution < -0.4 is 0 Å². The van der Waals surface area contributed by atoms with Crippen molar-refractivity contribution in [1.29, 1.82) is 0 Å². The molecule has 7 heteroatoms. The second-order valence-electron chi connectivity index (χ2n) is 4.90. The first-order chi connectivity index (χ1) is 9.78. The van der Waals surface area contributed by atoms with Crippen LogP contribution in [0.3, 0.4) is 0 Å². The number of aromatic nitrogens is 3. The number of aliphatic hydroxyl groups is 1. The molecule has 0 saturated carbocycles. The Kier molecular flexibility index (Phi) is 3.62. The summed E-state index contributed by atoms with van der Waals surface area (Å²) in [6.45, 7) is 2.04. The van der Waals surface area contributed by atoms with Crippen LogP contribution in [0.2, 0.25) is 0 Å². The Labute approximate surface area is 115 Å². The Morgan fingerprint density at radius 3 is 3.15 bits per heavy atom. The molecule has 1 aromatic heterocycles. The molecule has 1 fully saturated rings. The number of nitrogens with one attached hydrogen (secondary N) is 1. The molecule has 0 radical (unpaired) electrons. The van der Waals surface area contributed by atoms with Gasteiger partial charge in [0.05, 0.1) is 13.2 Å². The van der Waals surface area contributed by atoms with Crippen LogP contribution in [0.15, 0.2) is 18.2 Å². The summed E-state index contributed by atoms with van der Waals surface area (Å²) in [6, 6.07) is 5.23. The summed E-state index contributed by atoms with van der Waals surface area (Å²) in [4.78, 5) is 14.2. The minimum Gasteiger partial charge on any atom is -0.396 e. The fraction of sp³-hybridized carbons (Fsp3) is 0.462. The first-order valence-corrected chi connectivity index (χ1v) is 6.56. The van der Waals surface area contributed by atoms with Crippen LogP contribution in [0.5, 0.6) is 0 Å². The number of carbonyl (C=O) groups is 1. The van der Waals surface area contributed by atoms with Crippen molar-refractivity contribution in [3.8, 4) is 0 Å². The normalized spacial score (nSPS) is 20.1. The van der Waals surface area contributed by atoms with Gasteiger partial charge in [-0.25, -0.2) is 0 Å². The largest absolute Gasteiger partial charge is 0.396 e. The van der Waals surface area contributed by atoms with E-state index < -0.39 is 0 Å². The van der Waals surface area contributed by atoms with Crippen LogP contribution in [0.1, 0.15) is 10.4 Å². The van der Waals surface area contributed by atoms with Crippen molar-refractivity contribution in [2.75, 3.05) is 32.9 Å². The molecule has 1 aliphatic heterocycles. The van der Waals surface area contributed by atoms with Gasteiger partial charge in [0.1, 0.15) is 11.0 Å². The predicted octanol–water partition coefficient (Wildman–Crippen LogP) is 0.0388. The summed E-state index contributed by atoms with van der Waals surface area (Å²) in [5, 5.41) is 19.7. The number of H-pyrrole nitrogens is 1. The quantitative estimate of drug-likeness (QED) is 0.808. The zero-order valence-electron chi connectivity index (χ0n) is 11.0. The highest BCUT2D eigenvalue weighted by Gasteiger charge is 2.23. The molecule has 3 rings (SSSR count). The highest BCUT2D eigenvalue weighted by Crippen LogP contribution is 2.15. The van der Waals surface area contributed by atoms with Crippen molar-refractivity contribution in [2.45, 2.75) is 0 Å². The molecule has 2 aromatic rings. The average Bonchev–Trinajstić information content (AvgIpc) is 2.81. The molecule has 1 amide bonds. The molecule has 1 atom stereocenters. The first-order valence-electron chi connectivity index (χ1n) is 6.56. The summed E-state index contributed by atoms with van der Waals surface area (Å²) in [5.74, 6) is -0.101. The van der Waals surface area contributed by atoms with Gasteiger partial charge in [-0.1, -0.05) is 0 Å². The SMILES string of the molecule is O=C(c1ccc2n[nH]nc2c1)N1CCOC[C@@H](CO)C1. The molecule has 1 saturated heterocycles. The predicted molar refractivity (Wildman–Crippen MR) is 71.2 cm³/mol. The standard InChI is InChI=1S/C13H16N4O3/c18-7-9-6-17(3-4-20-8-9)13(19)10-1-2-11-12(5-10)15-16-14-11/h1-2,5,9,18H,3-4,6-8H2,(H,14,15,16)/t9-/m1/s1. The molecule has 1 aliphatic rings. The van der Waals surface area contributed by atoms with Crippen molar-refractivity contribution in [3.63, 3.8) is 0 Å². The van der Waals surface area contributed by atoms with E-state index in [0.29, 0.717) is 37.4 Å². The Bertz CT molecular complexity index is 612. The number of amides is 1. The zero-order valence-corrected chi connectivity index (χ0v) is 11.0. The van der Waals surface area contributed by atoms with Crippen LogP contribution in [-0.2, 0) is 4.74 Å². The van der Waals surface area contributed by atoms with E-state index >= 15 is 0 Å². The van der Waals surface area contributed by atoms with Crippen LogP contribution in [0, 0.1) is 5.92 Å². The maximum Gasteiger partial charge on any atom is 0.254 e. The Morgan fingerprint density at radius 2 is 2.30 bits per heavy atom. The van der Waals surface area contributed by atoms with Crippen molar-refractivity contribution < 1.29 is 14.6 Å². The number of ether oxygens (including phenoxy) is 1. The number of benzene rings is 1. The molecular weight excluding hydrogens is 260 g/mol. The van der Waals surface area contributed by atoms with Crippen LogP contribution in [0.25, 0.3) is 11.0 Å². The van der Waals surface area contributed by atoms with E-state index in [1.165, 1.54) is 0 Å². The number of aliphatic hydroxyl groups excluding tert-OH is 1. The maximum atomic E-state index is 12.5. The summed E-state index contributed by atoms with van der Waals surface area (Å²) in [7, 11) is 0. The number of aromatic amines is 1. The number of nitrogens with zero attached hydrogens (tertiary/aromatic N) is 3. The molecule has 2 heterocycles. The molecule has 0 spiro atoms. The molecule has 0 bridgehead atoms. The van der Waals surface area contributed by atoms with Gasteiger partial charge in [-0.3, -0.25) is 4.79 Å². The van der Waals surface area contributed by atoms with Gasteiger partial charge in [0.2, 0.25) is 0 Å². The molecule has 2 N–H and O–H groups in total. The van der Waals surface area contributed by atoms with Gasteiger partial charge >= 0.3 is 0 Å². The van der Waals surface area contributed by atoms with Crippen molar-refractivity contribution >= 4 is 16.9 Å². The summed E-state index contributed by atoms with van der Waals surface area (Å²) in [6.07, 6.45) is 0. The lowest BCUT2D eigenvalue weighted by Crippen LogP contribution is -2.36.